The monoisotopic (exact) mass is 268 g/mol. The number of hydrogen-bond acceptors (Lipinski definition) is 3. The van der Waals surface area contributed by atoms with Crippen molar-refractivity contribution in [2.24, 2.45) is 0 Å². The second kappa shape index (κ2) is 4.89. The molecule has 0 N–H and O–H groups in total. The Balaban J connectivity index is 2.67. The fraction of sp³-hybridized carbons (Fsp3) is 0.167. The summed E-state index contributed by atoms with van der Waals surface area (Å²) in [5.74, 6) is -1.24. The zero-order valence-electron chi connectivity index (χ0n) is 9.52. The summed E-state index contributed by atoms with van der Waals surface area (Å²) < 4.78 is 27.8. The molecule has 6 heteroatoms. The average molecular weight is 268 g/mol. The highest BCUT2D eigenvalue weighted by Gasteiger charge is 2.10. The van der Waals surface area contributed by atoms with Gasteiger partial charge in [-0.3, -0.25) is 4.79 Å². The Morgan fingerprint density at radius 3 is 2.67 bits per heavy atom. The van der Waals surface area contributed by atoms with Gasteiger partial charge in [-0.15, -0.1) is 0 Å². The molecule has 0 atom stereocenters. The molecule has 1 aromatic carbocycles. The fourth-order valence-corrected chi connectivity index (χ4v) is 1.81. The van der Waals surface area contributed by atoms with Crippen molar-refractivity contribution in [3.63, 3.8) is 0 Å². The van der Waals surface area contributed by atoms with Crippen LogP contribution in [0.2, 0.25) is 0 Å². The van der Waals surface area contributed by atoms with Crippen molar-refractivity contribution >= 4 is 12.6 Å². The van der Waals surface area contributed by atoms with Crippen LogP contribution in [-0.2, 0) is 5.75 Å². The SMILES string of the molecule is Cc1cc(=O)c(CS)nn1-c1ccc(F)cc1F. The number of thiol groups is 1. The molecule has 2 aromatic rings. The molecule has 0 bridgehead atoms. The van der Waals surface area contributed by atoms with Crippen LogP contribution in [0.3, 0.4) is 0 Å². The van der Waals surface area contributed by atoms with E-state index < -0.39 is 11.6 Å². The third kappa shape index (κ3) is 2.28. The smallest absolute Gasteiger partial charge is 0.204 e. The molecule has 3 nitrogen and oxygen atoms in total. The largest absolute Gasteiger partial charge is 0.288 e. The van der Waals surface area contributed by atoms with Crippen molar-refractivity contribution in [1.29, 1.82) is 0 Å². The average Bonchev–Trinajstić information content (AvgIpc) is 2.30. The highest BCUT2D eigenvalue weighted by Crippen LogP contribution is 2.15. The number of benzene rings is 1. The topological polar surface area (TPSA) is 34.9 Å². The van der Waals surface area contributed by atoms with E-state index in [0.29, 0.717) is 5.69 Å². The Hall–Kier alpha value is -1.69. The number of rotatable bonds is 2. The molecular formula is C12H10F2N2OS. The van der Waals surface area contributed by atoms with E-state index in [2.05, 4.69) is 17.7 Å². The Morgan fingerprint density at radius 1 is 1.33 bits per heavy atom. The van der Waals surface area contributed by atoms with Gasteiger partial charge in [0.15, 0.2) is 5.82 Å². The van der Waals surface area contributed by atoms with Gasteiger partial charge in [0.05, 0.1) is 0 Å². The maximum absolute atomic E-state index is 13.7. The maximum Gasteiger partial charge on any atom is 0.204 e. The Kier molecular flexibility index (Phi) is 3.47. The van der Waals surface area contributed by atoms with Crippen LogP contribution >= 0.6 is 12.6 Å². The van der Waals surface area contributed by atoms with Crippen LogP contribution in [0.4, 0.5) is 8.78 Å². The van der Waals surface area contributed by atoms with Crippen LogP contribution in [0.1, 0.15) is 11.4 Å². The number of hydrogen-bond donors (Lipinski definition) is 1. The van der Waals surface area contributed by atoms with E-state index in [9.17, 15) is 13.6 Å². The zero-order valence-corrected chi connectivity index (χ0v) is 10.4. The van der Waals surface area contributed by atoms with Crippen LogP contribution < -0.4 is 5.43 Å². The van der Waals surface area contributed by atoms with E-state index in [4.69, 9.17) is 0 Å². The van der Waals surface area contributed by atoms with Gasteiger partial charge in [0.25, 0.3) is 0 Å². The summed E-state index contributed by atoms with van der Waals surface area (Å²) in [6.45, 7) is 1.62. The Morgan fingerprint density at radius 2 is 2.06 bits per heavy atom. The van der Waals surface area contributed by atoms with E-state index >= 15 is 0 Å². The molecule has 94 valence electrons. The van der Waals surface area contributed by atoms with Gasteiger partial charge < -0.3 is 0 Å². The van der Waals surface area contributed by atoms with Crippen molar-refractivity contribution in [2.45, 2.75) is 12.7 Å². The van der Waals surface area contributed by atoms with Crippen LogP contribution in [0.25, 0.3) is 5.69 Å². The first-order chi connectivity index (χ1) is 8.52. The van der Waals surface area contributed by atoms with Gasteiger partial charge in [-0.1, -0.05) is 0 Å². The van der Waals surface area contributed by atoms with E-state index in [-0.39, 0.29) is 22.6 Å². The van der Waals surface area contributed by atoms with Gasteiger partial charge in [-0.2, -0.15) is 17.7 Å². The van der Waals surface area contributed by atoms with Crippen molar-refractivity contribution in [2.75, 3.05) is 0 Å². The van der Waals surface area contributed by atoms with Gasteiger partial charge in [0.2, 0.25) is 5.43 Å². The molecule has 18 heavy (non-hydrogen) atoms. The lowest BCUT2D eigenvalue weighted by Gasteiger charge is -2.11. The normalized spacial score (nSPS) is 10.7. The van der Waals surface area contributed by atoms with Crippen LogP contribution in [0, 0.1) is 18.6 Å². The summed E-state index contributed by atoms with van der Waals surface area (Å²) in [6.07, 6.45) is 0. The lowest BCUT2D eigenvalue weighted by atomic mass is 10.2. The molecule has 0 aliphatic carbocycles. The summed E-state index contributed by atoms with van der Waals surface area (Å²) in [5.41, 5.74) is 0.530. The van der Waals surface area contributed by atoms with Gasteiger partial charge in [0, 0.05) is 23.6 Å². The highest BCUT2D eigenvalue weighted by atomic mass is 32.1. The molecular weight excluding hydrogens is 258 g/mol. The summed E-state index contributed by atoms with van der Waals surface area (Å²) in [7, 11) is 0. The van der Waals surface area contributed by atoms with Crippen molar-refractivity contribution < 1.29 is 8.78 Å². The van der Waals surface area contributed by atoms with E-state index in [0.717, 1.165) is 12.1 Å². The summed E-state index contributed by atoms with van der Waals surface area (Å²) in [5, 5.41) is 4.02. The second-order valence-corrected chi connectivity index (χ2v) is 4.08. The molecule has 2 rings (SSSR count). The van der Waals surface area contributed by atoms with Crippen molar-refractivity contribution in [1.82, 2.24) is 9.78 Å². The summed E-state index contributed by atoms with van der Waals surface area (Å²) >= 11 is 3.99. The van der Waals surface area contributed by atoms with E-state index in [1.165, 1.54) is 16.8 Å². The van der Waals surface area contributed by atoms with Gasteiger partial charge in [0.1, 0.15) is 17.2 Å². The van der Waals surface area contributed by atoms with Gasteiger partial charge in [-0.05, 0) is 19.1 Å². The minimum absolute atomic E-state index is 0.0944. The lowest BCUT2D eigenvalue weighted by Crippen LogP contribution is -2.18. The van der Waals surface area contributed by atoms with Crippen molar-refractivity contribution in [3.05, 3.63) is 57.5 Å². The second-order valence-electron chi connectivity index (χ2n) is 3.76. The maximum atomic E-state index is 13.7. The third-order valence-corrected chi connectivity index (χ3v) is 2.77. The molecule has 0 fully saturated rings. The molecule has 1 aromatic heterocycles. The van der Waals surface area contributed by atoms with Gasteiger partial charge in [-0.25, -0.2) is 13.5 Å². The molecule has 0 saturated carbocycles. The Bertz CT molecular complexity index is 655. The lowest BCUT2D eigenvalue weighted by molar-refractivity contribution is 0.570. The van der Waals surface area contributed by atoms with Crippen molar-refractivity contribution in [3.8, 4) is 5.69 Å². The molecule has 0 aliphatic heterocycles. The fourth-order valence-electron chi connectivity index (χ4n) is 1.59. The predicted molar refractivity (Wildman–Crippen MR) is 67.2 cm³/mol. The molecule has 0 unspecified atom stereocenters. The van der Waals surface area contributed by atoms with Gasteiger partial charge >= 0.3 is 0 Å². The number of aryl methyl sites for hydroxylation is 1. The van der Waals surface area contributed by atoms with E-state index in [1.807, 2.05) is 0 Å². The minimum atomic E-state index is -0.737. The van der Waals surface area contributed by atoms with Crippen LogP contribution in [-0.4, -0.2) is 9.78 Å². The molecule has 1 heterocycles. The number of aromatic nitrogens is 2. The summed E-state index contributed by atoms with van der Waals surface area (Å²) in [6, 6.07) is 4.53. The predicted octanol–water partition coefficient (Wildman–Crippen LogP) is 2.25. The van der Waals surface area contributed by atoms with E-state index in [1.54, 1.807) is 6.92 Å². The Labute approximate surface area is 107 Å². The first kappa shape index (κ1) is 12.8. The quantitative estimate of drug-likeness (QED) is 0.848. The number of halogens is 2. The molecule has 0 amide bonds. The standard InChI is InChI=1S/C12H10F2N2OS/c1-7-4-12(17)10(6-18)15-16(7)11-3-2-8(13)5-9(11)14/h2-5,18H,6H2,1H3. The molecule has 0 aliphatic rings. The zero-order chi connectivity index (χ0) is 13.3. The summed E-state index contributed by atoms with van der Waals surface area (Å²) in [4.78, 5) is 11.5. The van der Waals surface area contributed by atoms with Crippen LogP contribution in [0.15, 0.2) is 29.1 Å². The molecule has 0 radical (unpaired) electrons. The minimum Gasteiger partial charge on any atom is -0.288 e. The molecule has 0 saturated heterocycles. The first-order valence-electron chi connectivity index (χ1n) is 5.19. The highest BCUT2D eigenvalue weighted by molar-refractivity contribution is 7.79. The van der Waals surface area contributed by atoms with Crippen LogP contribution in [0.5, 0.6) is 0 Å². The number of nitrogens with zero attached hydrogens (tertiary/aromatic N) is 2. The first-order valence-corrected chi connectivity index (χ1v) is 5.82. The third-order valence-electron chi connectivity index (χ3n) is 2.47. The molecule has 0 spiro atoms.